The average molecular weight is 276 g/mol. The van der Waals surface area contributed by atoms with E-state index >= 15 is 0 Å². The zero-order chi connectivity index (χ0) is 15.1. The van der Waals surface area contributed by atoms with E-state index in [1.165, 1.54) is 12.1 Å². The summed E-state index contributed by atoms with van der Waals surface area (Å²) in [5.74, 6) is 0.321. The lowest BCUT2D eigenvalue weighted by Gasteiger charge is -2.32. The second-order valence-electron chi connectivity index (χ2n) is 5.71. The van der Waals surface area contributed by atoms with E-state index in [4.69, 9.17) is 5.26 Å². The van der Waals surface area contributed by atoms with Crippen LogP contribution in [0.3, 0.4) is 0 Å². The summed E-state index contributed by atoms with van der Waals surface area (Å²) in [7, 11) is 0. The monoisotopic (exact) mass is 276 g/mol. The Labute approximate surface area is 122 Å². The van der Waals surface area contributed by atoms with Crippen LogP contribution in [0, 0.1) is 23.1 Å². The molecule has 0 amide bonds. The van der Waals surface area contributed by atoms with Gasteiger partial charge in [0.05, 0.1) is 11.6 Å². The molecule has 0 radical (unpaired) electrons. The first kappa shape index (κ1) is 16.7. The highest BCUT2D eigenvalue weighted by Crippen LogP contribution is 2.18. The summed E-state index contributed by atoms with van der Waals surface area (Å²) < 4.78 is 13.9. The van der Waals surface area contributed by atoms with Crippen LogP contribution >= 0.6 is 0 Å². The van der Waals surface area contributed by atoms with Crippen LogP contribution in [0.5, 0.6) is 0 Å². The Balaban J connectivity index is 2.96. The molecular formula is C17H25FN2. The summed E-state index contributed by atoms with van der Waals surface area (Å²) in [6.07, 6.45) is 2.12. The molecule has 0 saturated heterocycles. The van der Waals surface area contributed by atoms with Gasteiger partial charge in [-0.25, -0.2) is 4.39 Å². The first-order valence-electron chi connectivity index (χ1n) is 7.44. The highest BCUT2D eigenvalue weighted by atomic mass is 19.1. The van der Waals surface area contributed by atoms with Crippen LogP contribution in [0.2, 0.25) is 0 Å². The zero-order valence-corrected chi connectivity index (χ0v) is 13.0. The van der Waals surface area contributed by atoms with Crippen LogP contribution in [-0.2, 0) is 6.54 Å². The van der Waals surface area contributed by atoms with Gasteiger partial charge in [0.15, 0.2) is 0 Å². The molecular weight excluding hydrogens is 251 g/mol. The Morgan fingerprint density at radius 3 is 2.40 bits per heavy atom. The predicted molar refractivity (Wildman–Crippen MR) is 80.7 cm³/mol. The maximum Gasteiger partial charge on any atom is 0.127 e. The van der Waals surface area contributed by atoms with Gasteiger partial charge in [0.1, 0.15) is 5.82 Å². The van der Waals surface area contributed by atoms with Gasteiger partial charge in [0.25, 0.3) is 0 Å². The molecule has 0 aliphatic carbocycles. The standard InChI is InChI=1S/C17H25FN2/c1-5-16(6-2)20(11-13(3)4)12-15-9-14(10-19)7-8-17(15)18/h7-9,13,16H,5-6,11-12H2,1-4H3. The van der Waals surface area contributed by atoms with Gasteiger partial charge in [0.2, 0.25) is 0 Å². The van der Waals surface area contributed by atoms with Crippen molar-refractivity contribution in [3.8, 4) is 6.07 Å². The Morgan fingerprint density at radius 2 is 1.90 bits per heavy atom. The van der Waals surface area contributed by atoms with Crippen molar-refractivity contribution in [2.75, 3.05) is 6.54 Å². The molecule has 1 aromatic carbocycles. The van der Waals surface area contributed by atoms with Gasteiger partial charge in [-0.15, -0.1) is 0 Å². The number of nitrogens with zero attached hydrogens (tertiary/aromatic N) is 2. The maximum atomic E-state index is 13.9. The zero-order valence-electron chi connectivity index (χ0n) is 13.0. The lowest BCUT2D eigenvalue weighted by molar-refractivity contribution is 0.155. The van der Waals surface area contributed by atoms with Gasteiger partial charge in [0, 0.05) is 24.7 Å². The fraction of sp³-hybridized carbons (Fsp3) is 0.588. The Morgan fingerprint density at radius 1 is 1.25 bits per heavy atom. The van der Waals surface area contributed by atoms with Crippen molar-refractivity contribution in [3.05, 3.63) is 35.1 Å². The third-order valence-corrected chi connectivity index (χ3v) is 3.61. The summed E-state index contributed by atoms with van der Waals surface area (Å²) >= 11 is 0. The Kier molecular flexibility index (Phi) is 6.67. The molecule has 110 valence electrons. The maximum absolute atomic E-state index is 13.9. The van der Waals surface area contributed by atoms with Gasteiger partial charge in [-0.05, 0) is 37.0 Å². The number of nitriles is 1. The number of hydrogen-bond donors (Lipinski definition) is 0. The molecule has 0 heterocycles. The molecule has 0 aliphatic rings. The second kappa shape index (κ2) is 8.01. The predicted octanol–water partition coefficient (Wildman–Crippen LogP) is 4.34. The van der Waals surface area contributed by atoms with Crippen molar-refractivity contribution in [2.24, 2.45) is 5.92 Å². The quantitative estimate of drug-likeness (QED) is 0.740. The second-order valence-corrected chi connectivity index (χ2v) is 5.71. The molecule has 1 aromatic rings. The number of hydrogen-bond acceptors (Lipinski definition) is 2. The Bertz CT molecular complexity index is 459. The van der Waals surface area contributed by atoms with Crippen LogP contribution < -0.4 is 0 Å². The third-order valence-electron chi connectivity index (χ3n) is 3.61. The molecule has 0 bridgehead atoms. The van der Waals surface area contributed by atoms with Crippen LogP contribution in [-0.4, -0.2) is 17.5 Å². The van der Waals surface area contributed by atoms with E-state index in [2.05, 4.69) is 38.7 Å². The molecule has 0 unspecified atom stereocenters. The minimum Gasteiger partial charge on any atom is -0.296 e. The molecule has 20 heavy (non-hydrogen) atoms. The first-order valence-corrected chi connectivity index (χ1v) is 7.44. The summed E-state index contributed by atoms with van der Waals surface area (Å²) in [4.78, 5) is 2.34. The summed E-state index contributed by atoms with van der Waals surface area (Å²) in [5, 5.41) is 8.95. The van der Waals surface area contributed by atoms with Crippen molar-refractivity contribution < 1.29 is 4.39 Å². The fourth-order valence-corrected chi connectivity index (χ4v) is 2.60. The van der Waals surface area contributed by atoms with Crippen LogP contribution in [0.4, 0.5) is 4.39 Å². The van der Waals surface area contributed by atoms with Crippen LogP contribution in [0.1, 0.15) is 51.7 Å². The Hall–Kier alpha value is -1.40. The molecule has 1 rings (SSSR count). The smallest absolute Gasteiger partial charge is 0.127 e. The first-order chi connectivity index (χ1) is 9.51. The van der Waals surface area contributed by atoms with E-state index in [9.17, 15) is 4.39 Å². The molecule has 0 N–H and O–H groups in total. The highest BCUT2D eigenvalue weighted by Gasteiger charge is 2.18. The molecule has 0 spiro atoms. The van der Waals surface area contributed by atoms with E-state index in [0.29, 0.717) is 29.6 Å². The van der Waals surface area contributed by atoms with Crippen molar-refractivity contribution in [3.63, 3.8) is 0 Å². The van der Waals surface area contributed by atoms with Crippen molar-refractivity contribution in [2.45, 2.75) is 53.1 Å². The molecule has 0 aliphatic heterocycles. The summed E-state index contributed by atoms with van der Waals surface area (Å²) in [6.45, 7) is 10.2. The van der Waals surface area contributed by atoms with Gasteiger partial charge < -0.3 is 0 Å². The molecule has 0 fully saturated rings. The van der Waals surface area contributed by atoms with E-state index in [-0.39, 0.29) is 5.82 Å². The van der Waals surface area contributed by atoms with E-state index in [1.807, 2.05) is 0 Å². The lowest BCUT2D eigenvalue weighted by atomic mass is 10.0. The SMILES string of the molecule is CCC(CC)N(Cc1cc(C#N)ccc1F)CC(C)C. The molecule has 0 saturated carbocycles. The van der Waals surface area contributed by atoms with Crippen LogP contribution in [0.25, 0.3) is 0 Å². The number of benzene rings is 1. The minimum atomic E-state index is -0.219. The molecule has 3 heteroatoms. The number of halogens is 1. The van der Waals surface area contributed by atoms with E-state index in [0.717, 1.165) is 19.4 Å². The minimum absolute atomic E-state index is 0.219. The van der Waals surface area contributed by atoms with Crippen molar-refractivity contribution >= 4 is 0 Å². The average Bonchev–Trinajstić information content (AvgIpc) is 2.41. The molecule has 2 nitrogen and oxygen atoms in total. The fourth-order valence-electron chi connectivity index (χ4n) is 2.60. The largest absolute Gasteiger partial charge is 0.296 e. The summed E-state index contributed by atoms with van der Waals surface area (Å²) in [5.41, 5.74) is 1.15. The molecule has 0 atom stereocenters. The summed E-state index contributed by atoms with van der Waals surface area (Å²) in [6, 6.07) is 7.14. The van der Waals surface area contributed by atoms with Gasteiger partial charge in [-0.1, -0.05) is 27.7 Å². The third kappa shape index (κ3) is 4.61. The lowest BCUT2D eigenvalue weighted by Crippen LogP contribution is -2.37. The topological polar surface area (TPSA) is 27.0 Å². The highest BCUT2D eigenvalue weighted by molar-refractivity contribution is 5.33. The van der Waals surface area contributed by atoms with E-state index < -0.39 is 0 Å². The molecule has 0 aromatic heterocycles. The van der Waals surface area contributed by atoms with Crippen LogP contribution in [0.15, 0.2) is 18.2 Å². The number of rotatable bonds is 7. The van der Waals surface area contributed by atoms with Gasteiger partial charge in [-0.2, -0.15) is 5.26 Å². The van der Waals surface area contributed by atoms with Crippen molar-refractivity contribution in [1.82, 2.24) is 4.90 Å². The van der Waals surface area contributed by atoms with E-state index in [1.54, 1.807) is 6.07 Å². The van der Waals surface area contributed by atoms with Crippen molar-refractivity contribution in [1.29, 1.82) is 5.26 Å². The normalized spacial score (nSPS) is 11.3. The van der Waals surface area contributed by atoms with Gasteiger partial charge in [-0.3, -0.25) is 4.90 Å². The van der Waals surface area contributed by atoms with Gasteiger partial charge >= 0.3 is 0 Å².